The molecule has 0 unspecified atom stereocenters. The molecule has 1 aliphatic rings. The van der Waals surface area contributed by atoms with Crippen LogP contribution in [0.25, 0.3) is 5.57 Å². The van der Waals surface area contributed by atoms with Crippen LogP contribution in [0.3, 0.4) is 0 Å². The Morgan fingerprint density at radius 3 is 2.94 bits per heavy atom. The second kappa shape index (κ2) is 4.41. The van der Waals surface area contributed by atoms with E-state index in [0.717, 1.165) is 5.56 Å². The van der Waals surface area contributed by atoms with Gasteiger partial charge in [0.05, 0.1) is 12.2 Å². The van der Waals surface area contributed by atoms with Crippen molar-refractivity contribution >= 4 is 17.5 Å². The Balaban J connectivity index is 2.40. The van der Waals surface area contributed by atoms with Crippen LogP contribution in [0.4, 0.5) is 0 Å². The Morgan fingerprint density at radius 1 is 1.47 bits per heavy atom. The van der Waals surface area contributed by atoms with E-state index in [1.165, 1.54) is 6.08 Å². The predicted molar refractivity (Wildman–Crippen MR) is 61.4 cm³/mol. The van der Waals surface area contributed by atoms with Crippen molar-refractivity contribution in [1.82, 2.24) is 0 Å². The van der Waals surface area contributed by atoms with Crippen molar-refractivity contribution in [3.63, 3.8) is 0 Å². The molecule has 0 radical (unpaired) electrons. The molecule has 1 aromatic carbocycles. The SMILES string of the molecule is CCOC(=O)C=C1C(=O)Oc2ccc(C)cc21. The standard InChI is InChI=1S/C13H12O4/c1-3-16-12(14)7-10-9-6-8(2)4-5-11(9)17-13(10)15/h4-7H,3H2,1-2H3. The summed E-state index contributed by atoms with van der Waals surface area (Å²) >= 11 is 0. The number of esters is 2. The summed E-state index contributed by atoms with van der Waals surface area (Å²) in [6.07, 6.45) is 1.18. The fraction of sp³-hybridized carbons (Fsp3) is 0.231. The van der Waals surface area contributed by atoms with Crippen LogP contribution in [0.1, 0.15) is 18.1 Å². The van der Waals surface area contributed by atoms with Crippen LogP contribution < -0.4 is 4.74 Å². The summed E-state index contributed by atoms with van der Waals surface area (Å²) < 4.78 is 9.81. The molecule has 0 fully saturated rings. The molecule has 0 saturated carbocycles. The van der Waals surface area contributed by atoms with Crippen LogP contribution in [0, 0.1) is 6.92 Å². The van der Waals surface area contributed by atoms with Crippen molar-refractivity contribution in [2.24, 2.45) is 0 Å². The molecule has 4 heteroatoms. The molecule has 4 nitrogen and oxygen atoms in total. The van der Waals surface area contributed by atoms with E-state index >= 15 is 0 Å². The van der Waals surface area contributed by atoms with Gasteiger partial charge in [0.1, 0.15) is 5.75 Å². The average Bonchev–Trinajstić information content (AvgIpc) is 2.56. The van der Waals surface area contributed by atoms with Crippen molar-refractivity contribution in [2.75, 3.05) is 6.61 Å². The van der Waals surface area contributed by atoms with E-state index in [1.807, 2.05) is 19.1 Å². The summed E-state index contributed by atoms with van der Waals surface area (Å²) in [6, 6.07) is 5.37. The Morgan fingerprint density at radius 2 is 2.24 bits per heavy atom. The molecule has 17 heavy (non-hydrogen) atoms. The second-order valence-corrected chi connectivity index (χ2v) is 3.70. The van der Waals surface area contributed by atoms with E-state index in [4.69, 9.17) is 9.47 Å². The molecule has 2 rings (SSSR count). The van der Waals surface area contributed by atoms with Crippen LogP contribution in [0.15, 0.2) is 24.3 Å². The number of fused-ring (bicyclic) bond motifs is 1. The topological polar surface area (TPSA) is 52.6 Å². The highest BCUT2D eigenvalue weighted by molar-refractivity contribution is 6.24. The summed E-state index contributed by atoms with van der Waals surface area (Å²) in [5.74, 6) is -0.566. The lowest BCUT2D eigenvalue weighted by atomic mass is 10.0. The lowest BCUT2D eigenvalue weighted by molar-refractivity contribution is -0.137. The van der Waals surface area contributed by atoms with Crippen molar-refractivity contribution < 1.29 is 19.1 Å². The molecular weight excluding hydrogens is 220 g/mol. The molecule has 88 valence electrons. The predicted octanol–water partition coefficient (Wildman–Crippen LogP) is 1.86. The van der Waals surface area contributed by atoms with Crippen molar-refractivity contribution in [1.29, 1.82) is 0 Å². The van der Waals surface area contributed by atoms with Crippen LogP contribution >= 0.6 is 0 Å². The van der Waals surface area contributed by atoms with Gasteiger partial charge in [-0.15, -0.1) is 0 Å². The van der Waals surface area contributed by atoms with Crippen LogP contribution in [0.2, 0.25) is 0 Å². The van der Waals surface area contributed by atoms with Crippen molar-refractivity contribution in [3.05, 3.63) is 35.4 Å². The maximum Gasteiger partial charge on any atom is 0.344 e. The van der Waals surface area contributed by atoms with Gasteiger partial charge in [-0.05, 0) is 26.0 Å². The van der Waals surface area contributed by atoms with Crippen LogP contribution in [-0.2, 0) is 14.3 Å². The van der Waals surface area contributed by atoms with E-state index in [-0.39, 0.29) is 12.2 Å². The number of rotatable bonds is 2. The minimum atomic E-state index is -0.534. The Labute approximate surface area is 98.8 Å². The summed E-state index contributed by atoms with van der Waals surface area (Å²) in [6.45, 7) is 3.89. The first-order chi connectivity index (χ1) is 8.11. The van der Waals surface area contributed by atoms with Gasteiger partial charge in [0, 0.05) is 11.6 Å². The zero-order chi connectivity index (χ0) is 12.4. The Kier molecular flexibility index (Phi) is 2.95. The number of benzene rings is 1. The summed E-state index contributed by atoms with van der Waals surface area (Å²) in [4.78, 5) is 22.9. The maximum atomic E-state index is 11.6. The van der Waals surface area contributed by atoms with Gasteiger partial charge in [-0.3, -0.25) is 0 Å². The molecule has 0 atom stereocenters. The van der Waals surface area contributed by atoms with E-state index in [1.54, 1.807) is 13.0 Å². The van der Waals surface area contributed by atoms with E-state index in [9.17, 15) is 9.59 Å². The molecule has 0 spiro atoms. The number of hydrogen-bond acceptors (Lipinski definition) is 4. The molecule has 0 amide bonds. The molecule has 0 aromatic heterocycles. The third-order valence-corrected chi connectivity index (χ3v) is 2.40. The minimum Gasteiger partial charge on any atom is -0.463 e. The summed E-state index contributed by atoms with van der Waals surface area (Å²) in [5, 5.41) is 0. The zero-order valence-corrected chi connectivity index (χ0v) is 9.65. The number of carbonyl (C=O) groups is 2. The summed E-state index contributed by atoms with van der Waals surface area (Å²) in [7, 11) is 0. The summed E-state index contributed by atoms with van der Waals surface area (Å²) in [5.41, 5.74) is 1.89. The largest absolute Gasteiger partial charge is 0.463 e. The monoisotopic (exact) mass is 232 g/mol. The molecule has 0 N–H and O–H groups in total. The molecule has 1 aromatic rings. The molecule has 0 saturated heterocycles. The first-order valence-corrected chi connectivity index (χ1v) is 5.33. The Hall–Kier alpha value is -2.10. The number of carbonyl (C=O) groups excluding carboxylic acids is 2. The maximum absolute atomic E-state index is 11.6. The smallest absolute Gasteiger partial charge is 0.344 e. The lowest BCUT2D eigenvalue weighted by Gasteiger charge is -1.98. The molecular formula is C13H12O4. The second-order valence-electron chi connectivity index (χ2n) is 3.70. The van der Waals surface area contributed by atoms with Gasteiger partial charge in [0.25, 0.3) is 0 Å². The average molecular weight is 232 g/mol. The number of hydrogen-bond donors (Lipinski definition) is 0. The molecule has 0 bridgehead atoms. The number of ether oxygens (including phenoxy) is 2. The van der Waals surface area contributed by atoms with Crippen LogP contribution in [-0.4, -0.2) is 18.5 Å². The lowest BCUT2D eigenvalue weighted by Crippen LogP contribution is -2.05. The fourth-order valence-corrected chi connectivity index (χ4v) is 1.65. The van der Waals surface area contributed by atoms with Gasteiger partial charge < -0.3 is 9.47 Å². The molecule has 1 heterocycles. The highest BCUT2D eigenvalue weighted by Crippen LogP contribution is 2.34. The van der Waals surface area contributed by atoms with Crippen molar-refractivity contribution in [3.8, 4) is 5.75 Å². The van der Waals surface area contributed by atoms with E-state index in [0.29, 0.717) is 11.3 Å². The third kappa shape index (κ3) is 2.20. The Bertz CT molecular complexity index is 514. The van der Waals surface area contributed by atoms with Gasteiger partial charge in [0.2, 0.25) is 0 Å². The first-order valence-electron chi connectivity index (χ1n) is 5.33. The quantitative estimate of drug-likeness (QED) is 0.443. The minimum absolute atomic E-state index is 0.252. The van der Waals surface area contributed by atoms with Gasteiger partial charge in [-0.2, -0.15) is 0 Å². The number of aryl methyl sites for hydroxylation is 1. The fourth-order valence-electron chi connectivity index (χ4n) is 1.65. The van der Waals surface area contributed by atoms with Gasteiger partial charge >= 0.3 is 11.9 Å². The highest BCUT2D eigenvalue weighted by Gasteiger charge is 2.27. The van der Waals surface area contributed by atoms with E-state index in [2.05, 4.69) is 0 Å². The highest BCUT2D eigenvalue weighted by atomic mass is 16.5. The van der Waals surface area contributed by atoms with Crippen molar-refractivity contribution in [2.45, 2.75) is 13.8 Å². The first kappa shape index (κ1) is 11.4. The van der Waals surface area contributed by atoms with Gasteiger partial charge in [0.15, 0.2) is 0 Å². The zero-order valence-electron chi connectivity index (χ0n) is 9.65. The molecule has 0 aliphatic carbocycles. The third-order valence-electron chi connectivity index (χ3n) is 2.40. The van der Waals surface area contributed by atoms with Gasteiger partial charge in [-0.25, -0.2) is 9.59 Å². The van der Waals surface area contributed by atoms with E-state index < -0.39 is 11.9 Å². The normalized spacial score (nSPS) is 15.6. The van der Waals surface area contributed by atoms with Gasteiger partial charge in [-0.1, -0.05) is 11.6 Å². The van der Waals surface area contributed by atoms with Crippen LogP contribution in [0.5, 0.6) is 5.75 Å². The molecule has 1 aliphatic heterocycles.